The van der Waals surface area contributed by atoms with Crippen molar-refractivity contribution in [2.24, 2.45) is 4.99 Å². The van der Waals surface area contributed by atoms with Crippen molar-refractivity contribution in [2.45, 2.75) is 6.54 Å². The summed E-state index contributed by atoms with van der Waals surface area (Å²) in [6.07, 6.45) is 1.45. The van der Waals surface area contributed by atoms with E-state index in [-0.39, 0.29) is 11.5 Å². The molecule has 1 fully saturated rings. The number of amides is 1. The average molecular weight is 313 g/mol. The zero-order valence-corrected chi connectivity index (χ0v) is 12.7. The van der Waals surface area contributed by atoms with E-state index in [1.807, 2.05) is 30.3 Å². The van der Waals surface area contributed by atoms with Crippen LogP contribution in [0.25, 0.3) is 0 Å². The van der Waals surface area contributed by atoms with Crippen molar-refractivity contribution in [1.29, 1.82) is 0 Å². The number of amidine groups is 1. The summed E-state index contributed by atoms with van der Waals surface area (Å²) < 4.78 is 0. The van der Waals surface area contributed by atoms with Crippen LogP contribution >= 0.6 is 11.8 Å². The van der Waals surface area contributed by atoms with Crippen LogP contribution in [-0.2, 0) is 6.54 Å². The second kappa shape index (κ2) is 6.62. The summed E-state index contributed by atoms with van der Waals surface area (Å²) in [6.45, 7) is 1.19. The fourth-order valence-electron chi connectivity index (χ4n) is 2.16. The molecule has 0 radical (unpaired) electrons. The van der Waals surface area contributed by atoms with Crippen molar-refractivity contribution >= 4 is 22.8 Å². The molecule has 22 heavy (non-hydrogen) atoms. The first kappa shape index (κ1) is 14.6. The van der Waals surface area contributed by atoms with Gasteiger partial charge in [0.1, 0.15) is 0 Å². The summed E-state index contributed by atoms with van der Waals surface area (Å²) in [4.78, 5) is 32.3. The van der Waals surface area contributed by atoms with E-state index in [4.69, 9.17) is 0 Å². The Kier molecular flexibility index (Phi) is 4.39. The Hall–Kier alpha value is -2.34. The number of aromatic nitrogens is 1. The first-order chi connectivity index (χ1) is 10.7. The number of thioether (sulfide) groups is 1. The lowest BCUT2D eigenvalue weighted by Gasteiger charge is -2.15. The van der Waals surface area contributed by atoms with Crippen LogP contribution in [0.1, 0.15) is 15.9 Å². The number of carbonyl (C=O) groups excluding carboxylic acids is 1. The van der Waals surface area contributed by atoms with E-state index >= 15 is 0 Å². The maximum Gasteiger partial charge on any atom is 0.261 e. The Balaban J connectivity index is 1.76. The molecule has 0 bridgehead atoms. The minimum absolute atomic E-state index is 0.131. The number of rotatable bonds is 3. The van der Waals surface area contributed by atoms with Gasteiger partial charge in [-0.2, -0.15) is 0 Å². The number of nitrogens with zero attached hydrogens (tertiary/aromatic N) is 2. The van der Waals surface area contributed by atoms with E-state index in [0.717, 1.165) is 16.5 Å². The highest BCUT2D eigenvalue weighted by Crippen LogP contribution is 2.21. The topological polar surface area (TPSA) is 65.5 Å². The van der Waals surface area contributed by atoms with Gasteiger partial charge < -0.3 is 4.98 Å². The van der Waals surface area contributed by atoms with E-state index in [2.05, 4.69) is 9.98 Å². The van der Waals surface area contributed by atoms with Gasteiger partial charge >= 0.3 is 0 Å². The normalized spacial score (nSPS) is 16.2. The average Bonchev–Trinajstić information content (AvgIpc) is 3.02. The van der Waals surface area contributed by atoms with Gasteiger partial charge in [0.15, 0.2) is 5.17 Å². The van der Waals surface area contributed by atoms with Crippen molar-refractivity contribution in [3.05, 3.63) is 70.1 Å². The van der Waals surface area contributed by atoms with E-state index in [1.165, 1.54) is 12.3 Å². The molecule has 1 aliphatic rings. The molecule has 1 aromatic heterocycles. The number of carbonyl (C=O) groups is 1. The van der Waals surface area contributed by atoms with Crippen LogP contribution in [0.2, 0.25) is 0 Å². The van der Waals surface area contributed by atoms with Crippen molar-refractivity contribution in [3.63, 3.8) is 0 Å². The SMILES string of the molecule is O=C(c1ccc(=O)[nH]c1)N1CCSC1=NCc1ccccc1. The summed E-state index contributed by atoms with van der Waals surface area (Å²) in [5, 5.41) is 0.736. The smallest absolute Gasteiger partial charge is 0.261 e. The minimum atomic E-state index is -0.217. The highest BCUT2D eigenvalue weighted by molar-refractivity contribution is 8.14. The maximum absolute atomic E-state index is 12.5. The number of H-pyrrole nitrogens is 1. The zero-order valence-electron chi connectivity index (χ0n) is 11.9. The number of hydrogen-bond acceptors (Lipinski definition) is 4. The second-order valence-electron chi connectivity index (χ2n) is 4.83. The van der Waals surface area contributed by atoms with Crippen LogP contribution in [0.3, 0.4) is 0 Å². The zero-order chi connectivity index (χ0) is 15.4. The van der Waals surface area contributed by atoms with Crippen LogP contribution in [-0.4, -0.2) is 33.3 Å². The molecule has 1 saturated heterocycles. The molecule has 2 heterocycles. The molecule has 1 amide bonds. The van der Waals surface area contributed by atoms with E-state index in [9.17, 15) is 9.59 Å². The first-order valence-electron chi connectivity index (χ1n) is 6.96. The number of aromatic amines is 1. The Morgan fingerprint density at radius 2 is 2.05 bits per heavy atom. The molecule has 3 rings (SSSR count). The lowest BCUT2D eigenvalue weighted by atomic mass is 10.2. The highest BCUT2D eigenvalue weighted by atomic mass is 32.2. The van der Waals surface area contributed by atoms with Gasteiger partial charge in [0, 0.05) is 24.6 Å². The standard InChI is InChI=1S/C16H15N3O2S/c20-14-7-6-13(11-17-14)15(21)19-8-9-22-16(19)18-10-12-4-2-1-3-5-12/h1-7,11H,8-10H2,(H,17,20). The molecule has 1 N–H and O–H groups in total. The Morgan fingerprint density at radius 1 is 1.23 bits per heavy atom. The van der Waals surface area contributed by atoms with Gasteiger partial charge in [-0.25, -0.2) is 0 Å². The molecule has 112 valence electrons. The third kappa shape index (κ3) is 3.28. The van der Waals surface area contributed by atoms with Gasteiger partial charge in [0.05, 0.1) is 12.1 Å². The van der Waals surface area contributed by atoms with E-state index in [1.54, 1.807) is 22.7 Å². The molecule has 1 aromatic carbocycles. The van der Waals surface area contributed by atoms with Crippen LogP contribution in [0.5, 0.6) is 0 Å². The number of pyridine rings is 1. The summed E-state index contributed by atoms with van der Waals surface area (Å²) >= 11 is 1.58. The molecule has 0 aliphatic carbocycles. The van der Waals surface area contributed by atoms with E-state index in [0.29, 0.717) is 18.7 Å². The van der Waals surface area contributed by atoms with Crippen LogP contribution in [0.4, 0.5) is 0 Å². The van der Waals surface area contributed by atoms with Gasteiger partial charge in [0.25, 0.3) is 5.91 Å². The lowest BCUT2D eigenvalue weighted by molar-refractivity contribution is 0.0858. The van der Waals surface area contributed by atoms with Crippen molar-refractivity contribution in [3.8, 4) is 0 Å². The van der Waals surface area contributed by atoms with Gasteiger partial charge in [-0.05, 0) is 11.6 Å². The number of aliphatic imine (C=N–C) groups is 1. The van der Waals surface area contributed by atoms with Gasteiger partial charge in [-0.15, -0.1) is 0 Å². The van der Waals surface area contributed by atoms with Crippen molar-refractivity contribution < 1.29 is 4.79 Å². The molecule has 6 heteroatoms. The molecule has 0 atom stereocenters. The first-order valence-corrected chi connectivity index (χ1v) is 7.94. The minimum Gasteiger partial charge on any atom is -0.328 e. The fourth-order valence-corrected chi connectivity index (χ4v) is 3.11. The molecule has 2 aromatic rings. The summed E-state index contributed by atoms with van der Waals surface area (Å²) in [5.74, 6) is 0.705. The predicted molar refractivity (Wildman–Crippen MR) is 88.1 cm³/mol. The molecule has 0 saturated carbocycles. The Bertz CT molecular complexity index is 735. The monoisotopic (exact) mass is 313 g/mol. The summed E-state index contributed by atoms with van der Waals surface area (Å²) in [7, 11) is 0. The van der Waals surface area contributed by atoms with E-state index < -0.39 is 0 Å². The van der Waals surface area contributed by atoms with Crippen molar-refractivity contribution in [1.82, 2.24) is 9.88 Å². The third-order valence-electron chi connectivity index (χ3n) is 3.29. The molecule has 0 spiro atoms. The van der Waals surface area contributed by atoms with Gasteiger partial charge in [-0.1, -0.05) is 42.1 Å². The quantitative estimate of drug-likeness (QED) is 0.944. The summed E-state index contributed by atoms with van der Waals surface area (Å²) in [5.41, 5.74) is 1.36. The van der Waals surface area contributed by atoms with Crippen LogP contribution in [0, 0.1) is 0 Å². The highest BCUT2D eigenvalue weighted by Gasteiger charge is 2.26. The van der Waals surface area contributed by atoms with Crippen LogP contribution in [0.15, 0.2) is 58.4 Å². The fraction of sp³-hybridized carbons (Fsp3) is 0.188. The number of hydrogen-bond donors (Lipinski definition) is 1. The third-order valence-corrected chi connectivity index (χ3v) is 4.29. The molecular formula is C16H15N3O2S. The molecular weight excluding hydrogens is 298 g/mol. The maximum atomic E-state index is 12.5. The number of benzene rings is 1. The Labute approximate surface area is 132 Å². The van der Waals surface area contributed by atoms with Gasteiger partial charge in [-0.3, -0.25) is 19.5 Å². The molecule has 1 aliphatic heterocycles. The Morgan fingerprint density at radius 3 is 2.77 bits per heavy atom. The van der Waals surface area contributed by atoms with Crippen molar-refractivity contribution in [2.75, 3.05) is 12.3 Å². The van der Waals surface area contributed by atoms with Gasteiger partial charge in [0.2, 0.25) is 5.56 Å². The number of nitrogens with one attached hydrogen (secondary N) is 1. The molecule has 0 unspecified atom stereocenters. The second-order valence-corrected chi connectivity index (χ2v) is 5.89. The largest absolute Gasteiger partial charge is 0.328 e. The summed E-state index contributed by atoms with van der Waals surface area (Å²) in [6, 6.07) is 12.8. The molecule has 5 nitrogen and oxygen atoms in total. The lowest BCUT2D eigenvalue weighted by Crippen LogP contribution is -2.32. The predicted octanol–water partition coefficient (Wildman–Crippen LogP) is 2.12. The van der Waals surface area contributed by atoms with Crippen LogP contribution < -0.4 is 5.56 Å².